The van der Waals surface area contributed by atoms with Crippen LogP contribution in [0, 0.1) is 0 Å². The number of benzene rings is 3. The van der Waals surface area contributed by atoms with E-state index in [0.717, 1.165) is 56.0 Å². The van der Waals surface area contributed by atoms with Gasteiger partial charge in [-0.1, -0.05) is 60.7 Å². The van der Waals surface area contributed by atoms with Crippen molar-refractivity contribution >= 4 is 11.8 Å². The zero-order chi connectivity index (χ0) is 23.6. The molecule has 1 fully saturated rings. The van der Waals surface area contributed by atoms with Crippen molar-refractivity contribution in [2.75, 3.05) is 13.1 Å². The molecule has 0 saturated carbocycles. The molecule has 178 valence electrons. The summed E-state index contributed by atoms with van der Waals surface area (Å²) in [5, 5.41) is 0. The molecule has 2 aliphatic heterocycles. The first kappa shape index (κ1) is 23.5. The Morgan fingerprint density at radius 2 is 1.44 bits per heavy atom. The van der Waals surface area contributed by atoms with E-state index in [0.29, 0.717) is 0 Å². The summed E-state index contributed by atoms with van der Waals surface area (Å²) in [6, 6.07) is 26.6. The van der Waals surface area contributed by atoms with Crippen LogP contribution in [-0.4, -0.2) is 29.1 Å². The first-order valence-electron chi connectivity index (χ1n) is 12.7. The second-order valence-corrected chi connectivity index (χ2v) is 11.9. The van der Waals surface area contributed by atoms with Crippen LogP contribution >= 0.6 is 11.8 Å². The smallest absolute Gasteiger partial charge is 0.123 e. The SMILES string of the molecule is CC(C)(C)N1CCC2(CCc3cc(-c4ccc(CSCc5ccccc5)cc4)ccc3O2)CC1. The molecule has 3 aromatic carbocycles. The number of nitrogens with zero attached hydrogens (tertiary/aromatic N) is 1. The highest BCUT2D eigenvalue weighted by atomic mass is 32.2. The van der Waals surface area contributed by atoms with E-state index in [1.165, 1.54) is 27.8 Å². The van der Waals surface area contributed by atoms with E-state index in [9.17, 15) is 0 Å². The molecule has 0 amide bonds. The van der Waals surface area contributed by atoms with Gasteiger partial charge in [0, 0.05) is 30.1 Å². The summed E-state index contributed by atoms with van der Waals surface area (Å²) in [4.78, 5) is 2.60. The predicted molar refractivity (Wildman–Crippen MR) is 146 cm³/mol. The minimum absolute atomic E-state index is 0.0370. The second kappa shape index (κ2) is 9.79. The number of piperidine rings is 1. The minimum atomic E-state index is 0.0370. The molecule has 34 heavy (non-hydrogen) atoms. The van der Waals surface area contributed by atoms with Crippen molar-refractivity contribution in [3.63, 3.8) is 0 Å². The summed E-state index contributed by atoms with van der Waals surface area (Å²) in [5.74, 6) is 3.21. The molecule has 0 aromatic heterocycles. The fraction of sp³-hybridized carbons (Fsp3) is 0.419. The fourth-order valence-electron chi connectivity index (χ4n) is 5.29. The van der Waals surface area contributed by atoms with Gasteiger partial charge in [-0.3, -0.25) is 4.90 Å². The Bertz CT molecular complexity index is 1090. The second-order valence-electron chi connectivity index (χ2n) is 10.9. The van der Waals surface area contributed by atoms with E-state index >= 15 is 0 Å². The van der Waals surface area contributed by atoms with E-state index in [-0.39, 0.29) is 11.1 Å². The molecule has 2 heterocycles. The molecule has 5 rings (SSSR count). The topological polar surface area (TPSA) is 12.5 Å². The van der Waals surface area contributed by atoms with Crippen molar-refractivity contribution in [2.45, 2.75) is 69.1 Å². The molecule has 0 N–H and O–H groups in total. The molecule has 1 saturated heterocycles. The minimum Gasteiger partial charge on any atom is -0.487 e. The molecule has 3 heteroatoms. The Balaban J connectivity index is 1.20. The molecular formula is C31H37NOS. The monoisotopic (exact) mass is 471 g/mol. The standard InChI is InChI=1S/C31H37NOS/c1-30(2,3)32-19-17-31(18-20-32)16-15-28-21-27(13-14-29(28)33-31)26-11-9-25(10-12-26)23-34-22-24-7-5-4-6-8-24/h4-14,21H,15-20,22-23H2,1-3H3. The number of fused-ring (bicyclic) bond motifs is 1. The summed E-state index contributed by atoms with van der Waals surface area (Å²) in [5.41, 5.74) is 7.01. The van der Waals surface area contributed by atoms with Crippen molar-refractivity contribution in [3.8, 4) is 16.9 Å². The van der Waals surface area contributed by atoms with E-state index < -0.39 is 0 Å². The molecule has 3 aromatic rings. The predicted octanol–water partition coefficient (Wildman–Crippen LogP) is 7.75. The van der Waals surface area contributed by atoms with Gasteiger partial charge in [-0.15, -0.1) is 0 Å². The Labute approximate surface area is 209 Å². The summed E-state index contributed by atoms with van der Waals surface area (Å²) < 4.78 is 6.68. The van der Waals surface area contributed by atoms with Crippen molar-refractivity contribution < 1.29 is 4.74 Å². The maximum Gasteiger partial charge on any atom is 0.123 e. The largest absolute Gasteiger partial charge is 0.487 e. The van der Waals surface area contributed by atoms with Gasteiger partial charge in [0.1, 0.15) is 11.4 Å². The summed E-state index contributed by atoms with van der Waals surface area (Å²) in [6.07, 6.45) is 4.52. The number of aryl methyl sites for hydroxylation is 1. The van der Waals surface area contributed by atoms with Crippen molar-refractivity contribution in [3.05, 3.63) is 89.5 Å². The van der Waals surface area contributed by atoms with Crippen LogP contribution in [0.3, 0.4) is 0 Å². The van der Waals surface area contributed by atoms with Gasteiger partial charge >= 0.3 is 0 Å². The van der Waals surface area contributed by atoms with Crippen LogP contribution in [-0.2, 0) is 17.9 Å². The lowest BCUT2D eigenvalue weighted by Gasteiger charge is -2.48. The van der Waals surface area contributed by atoms with Gasteiger partial charge in [0.2, 0.25) is 0 Å². The number of hydrogen-bond donors (Lipinski definition) is 0. The van der Waals surface area contributed by atoms with Crippen LogP contribution in [0.15, 0.2) is 72.8 Å². The molecule has 0 aliphatic carbocycles. The van der Waals surface area contributed by atoms with Crippen LogP contribution < -0.4 is 4.74 Å². The van der Waals surface area contributed by atoms with Crippen molar-refractivity contribution in [1.82, 2.24) is 4.90 Å². The zero-order valence-electron chi connectivity index (χ0n) is 20.8. The third-order valence-electron chi connectivity index (χ3n) is 7.53. The van der Waals surface area contributed by atoms with E-state index in [1.807, 2.05) is 11.8 Å². The fourth-order valence-corrected chi connectivity index (χ4v) is 6.25. The molecular weight excluding hydrogens is 434 g/mol. The first-order chi connectivity index (χ1) is 16.4. The van der Waals surface area contributed by atoms with E-state index in [1.54, 1.807) is 0 Å². The van der Waals surface area contributed by atoms with Gasteiger partial charge in [0.15, 0.2) is 0 Å². The molecule has 0 atom stereocenters. The molecule has 0 unspecified atom stereocenters. The Morgan fingerprint density at radius 1 is 0.794 bits per heavy atom. The van der Waals surface area contributed by atoms with Crippen LogP contribution in [0.4, 0.5) is 0 Å². The lowest BCUT2D eigenvalue weighted by molar-refractivity contribution is -0.0355. The average Bonchev–Trinajstić information content (AvgIpc) is 2.85. The lowest BCUT2D eigenvalue weighted by atomic mass is 9.81. The number of ether oxygens (including phenoxy) is 1. The molecule has 2 nitrogen and oxygen atoms in total. The van der Waals surface area contributed by atoms with Crippen molar-refractivity contribution in [2.24, 2.45) is 0 Å². The zero-order valence-corrected chi connectivity index (χ0v) is 21.7. The van der Waals surface area contributed by atoms with Gasteiger partial charge in [-0.05, 0) is 86.4 Å². The molecule has 0 radical (unpaired) electrons. The van der Waals surface area contributed by atoms with Crippen LogP contribution in [0.5, 0.6) is 5.75 Å². The van der Waals surface area contributed by atoms with E-state index in [4.69, 9.17) is 4.74 Å². The van der Waals surface area contributed by atoms with Gasteiger partial charge in [-0.2, -0.15) is 11.8 Å². The van der Waals surface area contributed by atoms with Crippen LogP contribution in [0.2, 0.25) is 0 Å². The van der Waals surface area contributed by atoms with Gasteiger partial charge in [-0.25, -0.2) is 0 Å². The summed E-state index contributed by atoms with van der Waals surface area (Å²) in [6.45, 7) is 9.22. The highest BCUT2D eigenvalue weighted by Gasteiger charge is 2.41. The normalized spacial score (nSPS) is 17.9. The maximum atomic E-state index is 6.68. The Kier molecular flexibility index (Phi) is 6.77. The third kappa shape index (κ3) is 5.37. The number of hydrogen-bond acceptors (Lipinski definition) is 3. The lowest BCUT2D eigenvalue weighted by Crippen LogP contribution is -2.54. The highest BCUT2D eigenvalue weighted by Crippen LogP contribution is 2.41. The van der Waals surface area contributed by atoms with Crippen LogP contribution in [0.25, 0.3) is 11.1 Å². The van der Waals surface area contributed by atoms with Crippen LogP contribution in [0.1, 0.15) is 56.7 Å². The van der Waals surface area contributed by atoms with E-state index in [2.05, 4.69) is 98.5 Å². The Morgan fingerprint density at radius 3 is 2.12 bits per heavy atom. The molecule has 1 spiro atoms. The maximum absolute atomic E-state index is 6.68. The summed E-state index contributed by atoms with van der Waals surface area (Å²) in [7, 11) is 0. The third-order valence-corrected chi connectivity index (χ3v) is 8.60. The summed E-state index contributed by atoms with van der Waals surface area (Å²) >= 11 is 1.97. The average molecular weight is 472 g/mol. The first-order valence-corrected chi connectivity index (χ1v) is 13.8. The van der Waals surface area contributed by atoms with Gasteiger partial charge in [0.05, 0.1) is 0 Å². The van der Waals surface area contributed by atoms with Gasteiger partial charge < -0.3 is 4.74 Å². The highest BCUT2D eigenvalue weighted by molar-refractivity contribution is 7.97. The Hall–Kier alpha value is -2.23. The quantitative estimate of drug-likeness (QED) is 0.377. The molecule has 0 bridgehead atoms. The number of rotatable bonds is 5. The van der Waals surface area contributed by atoms with Crippen molar-refractivity contribution in [1.29, 1.82) is 0 Å². The number of thioether (sulfide) groups is 1. The van der Waals surface area contributed by atoms with Gasteiger partial charge in [0.25, 0.3) is 0 Å². The number of likely N-dealkylation sites (tertiary alicyclic amines) is 1. The molecule has 2 aliphatic rings.